The second kappa shape index (κ2) is 10.6. The molecular formula is C28H44O3S. The number of thioether (sulfide) groups is 1. The molecule has 4 heteroatoms. The number of fused-ring (bicyclic) bond motifs is 1. The van der Waals surface area contributed by atoms with E-state index in [1.807, 2.05) is 0 Å². The van der Waals surface area contributed by atoms with Crippen LogP contribution in [0.1, 0.15) is 85.5 Å². The van der Waals surface area contributed by atoms with Crippen LogP contribution in [0.15, 0.2) is 47.1 Å². The van der Waals surface area contributed by atoms with Crippen LogP contribution < -0.4 is 0 Å². The van der Waals surface area contributed by atoms with Crippen molar-refractivity contribution in [3.8, 4) is 0 Å². The summed E-state index contributed by atoms with van der Waals surface area (Å²) in [6.45, 7) is 13.0. The van der Waals surface area contributed by atoms with Crippen LogP contribution in [-0.2, 0) is 0 Å². The Morgan fingerprint density at radius 2 is 1.97 bits per heavy atom. The summed E-state index contributed by atoms with van der Waals surface area (Å²) >= 11 is 1.39. The molecule has 0 aliphatic heterocycles. The van der Waals surface area contributed by atoms with Crippen LogP contribution in [0.3, 0.4) is 0 Å². The first-order valence-electron chi connectivity index (χ1n) is 12.7. The van der Waals surface area contributed by atoms with E-state index in [0.29, 0.717) is 23.5 Å². The lowest BCUT2D eigenvalue weighted by atomic mass is 9.64. The minimum atomic E-state index is -1.07. The van der Waals surface area contributed by atoms with Gasteiger partial charge in [0.2, 0.25) is 0 Å². The number of hydrogen-bond acceptors (Lipinski definition) is 4. The molecule has 0 aromatic heterocycles. The first-order valence-corrected chi connectivity index (χ1v) is 13.7. The van der Waals surface area contributed by atoms with Gasteiger partial charge in [-0.3, -0.25) is 0 Å². The number of rotatable bonds is 8. The first kappa shape index (κ1) is 25.8. The maximum Gasteiger partial charge on any atom is 0.117 e. The summed E-state index contributed by atoms with van der Waals surface area (Å²) in [5.41, 5.74) is 5.07. The molecular weight excluding hydrogens is 416 g/mol. The van der Waals surface area contributed by atoms with Crippen molar-refractivity contribution < 1.29 is 15.3 Å². The van der Waals surface area contributed by atoms with Crippen LogP contribution in [0.25, 0.3) is 0 Å². The average Bonchev–Trinajstić information content (AvgIpc) is 3.11. The van der Waals surface area contributed by atoms with Gasteiger partial charge in [-0.05, 0) is 60.5 Å². The zero-order chi connectivity index (χ0) is 23.5. The maximum absolute atomic E-state index is 11.3. The highest BCUT2D eigenvalue weighted by Gasteiger charge is 2.44. The summed E-state index contributed by atoms with van der Waals surface area (Å²) in [4.78, 5) is -1.07. The first-order chi connectivity index (χ1) is 15.2. The van der Waals surface area contributed by atoms with Gasteiger partial charge in [-0.25, -0.2) is 0 Å². The van der Waals surface area contributed by atoms with Crippen molar-refractivity contribution in [3.05, 3.63) is 47.1 Å². The van der Waals surface area contributed by atoms with Crippen molar-refractivity contribution in [3.63, 3.8) is 0 Å². The summed E-state index contributed by atoms with van der Waals surface area (Å²) in [6, 6.07) is 0. The highest BCUT2D eigenvalue weighted by molar-refractivity contribution is 8.00. The number of aliphatic hydroxyl groups excluding tert-OH is 2. The zero-order valence-electron chi connectivity index (χ0n) is 20.6. The fraction of sp³-hybridized carbons (Fsp3) is 0.714. The lowest BCUT2D eigenvalue weighted by Gasteiger charge is -2.41. The van der Waals surface area contributed by atoms with E-state index in [2.05, 4.69) is 52.5 Å². The van der Waals surface area contributed by atoms with Gasteiger partial charge in [0.1, 0.15) is 4.93 Å². The summed E-state index contributed by atoms with van der Waals surface area (Å²) in [5, 5.41) is 32.4. The lowest BCUT2D eigenvalue weighted by molar-refractivity contribution is 0.0589. The van der Waals surface area contributed by atoms with Gasteiger partial charge in [-0.2, -0.15) is 0 Å². The highest BCUT2D eigenvalue weighted by atomic mass is 32.2. The Morgan fingerprint density at radius 3 is 2.62 bits per heavy atom. The Labute approximate surface area is 199 Å². The van der Waals surface area contributed by atoms with Gasteiger partial charge < -0.3 is 15.3 Å². The van der Waals surface area contributed by atoms with Gasteiger partial charge in [-0.15, -0.1) is 11.8 Å². The van der Waals surface area contributed by atoms with Crippen molar-refractivity contribution in [2.24, 2.45) is 17.3 Å². The van der Waals surface area contributed by atoms with E-state index in [1.54, 1.807) is 5.57 Å². The van der Waals surface area contributed by atoms with E-state index in [1.165, 1.54) is 30.2 Å². The molecule has 5 atom stereocenters. The molecule has 32 heavy (non-hydrogen) atoms. The molecule has 3 aliphatic rings. The molecule has 180 valence electrons. The smallest absolute Gasteiger partial charge is 0.117 e. The van der Waals surface area contributed by atoms with E-state index in [9.17, 15) is 15.3 Å². The van der Waals surface area contributed by atoms with Crippen LogP contribution >= 0.6 is 11.8 Å². The number of hydrogen-bond donors (Lipinski definition) is 3. The molecule has 0 aromatic carbocycles. The lowest BCUT2D eigenvalue weighted by Crippen LogP contribution is -2.38. The van der Waals surface area contributed by atoms with Crippen LogP contribution in [0.2, 0.25) is 0 Å². The van der Waals surface area contributed by atoms with E-state index in [0.717, 1.165) is 43.3 Å². The normalized spacial score (nSPS) is 36.6. The molecule has 3 rings (SSSR count). The highest BCUT2D eigenvalue weighted by Crippen LogP contribution is 2.55. The minimum absolute atomic E-state index is 0.253. The molecule has 0 amide bonds. The summed E-state index contributed by atoms with van der Waals surface area (Å²) in [5.74, 6) is 1.32. The van der Waals surface area contributed by atoms with Crippen LogP contribution in [0.5, 0.6) is 0 Å². The van der Waals surface area contributed by atoms with Gasteiger partial charge in [0.25, 0.3) is 0 Å². The molecule has 0 bridgehead atoms. The van der Waals surface area contributed by atoms with Crippen LogP contribution in [0.4, 0.5) is 0 Å². The van der Waals surface area contributed by atoms with Gasteiger partial charge in [0, 0.05) is 18.6 Å². The summed E-state index contributed by atoms with van der Waals surface area (Å²) in [6.07, 6.45) is 14.1. The molecule has 0 spiro atoms. The summed E-state index contributed by atoms with van der Waals surface area (Å²) in [7, 11) is 0. The standard InChI is InChI=1S/C28H44O3S/c1-6-20(7-2)26(30)18-32-28(31)16-22(19(4)25(29)17-28)12-11-21-10-9-15-27(5)23(8-3)13-14-24(21)27/h11-13,20,24-26,29-31H,4,6-10,14-18H2,1-3,5H3/t24-,25-,26+,27+,28-/m0/s1. The fourth-order valence-electron chi connectivity index (χ4n) is 6.27. The Hall–Kier alpha value is -0.810. The average molecular weight is 461 g/mol. The quantitative estimate of drug-likeness (QED) is 0.293. The topological polar surface area (TPSA) is 60.7 Å². The molecule has 0 heterocycles. The Bertz CT molecular complexity index is 778. The van der Waals surface area contributed by atoms with E-state index < -0.39 is 17.1 Å². The molecule has 0 aromatic rings. The predicted molar refractivity (Wildman–Crippen MR) is 136 cm³/mol. The van der Waals surface area contributed by atoms with E-state index >= 15 is 0 Å². The molecule has 3 N–H and O–H groups in total. The third-order valence-electron chi connectivity index (χ3n) is 8.50. The molecule has 3 nitrogen and oxygen atoms in total. The van der Waals surface area contributed by atoms with Crippen molar-refractivity contribution in [2.45, 2.75) is 103 Å². The molecule has 2 fully saturated rings. The van der Waals surface area contributed by atoms with Gasteiger partial charge in [-0.1, -0.05) is 76.5 Å². The zero-order valence-corrected chi connectivity index (χ0v) is 21.4. The maximum atomic E-state index is 11.3. The second-order valence-electron chi connectivity index (χ2n) is 10.4. The van der Waals surface area contributed by atoms with Crippen LogP contribution in [0, 0.1) is 17.3 Å². The number of allylic oxidation sites excluding steroid dienone is 5. The minimum Gasteiger partial charge on any atom is -0.392 e. The fourth-order valence-corrected chi connectivity index (χ4v) is 7.56. The second-order valence-corrected chi connectivity index (χ2v) is 11.8. The van der Waals surface area contributed by atoms with Crippen molar-refractivity contribution in [1.82, 2.24) is 0 Å². The largest absolute Gasteiger partial charge is 0.392 e. The van der Waals surface area contributed by atoms with Crippen LogP contribution in [-0.4, -0.2) is 38.2 Å². The van der Waals surface area contributed by atoms with E-state index in [-0.39, 0.29) is 12.3 Å². The Balaban J connectivity index is 1.74. The van der Waals surface area contributed by atoms with Crippen molar-refractivity contribution >= 4 is 11.8 Å². The van der Waals surface area contributed by atoms with Crippen molar-refractivity contribution in [1.29, 1.82) is 0 Å². The molecule has 0 unspecified atom stereocenters. The van der Waals surface area contributed by atoms with Gasteiger partial charge >= 0.3 is 0 Å². The molecule has 2 saturated carbocycles. The monoisotopic (exact) mass is 460 g/mol. The van der Waals surface area contributed by atoms with Crippen molar-refractivity contribution in [2.75, 3.05) is 5.75 Å². The Morgan fingerprint density at radius 1 is 1.25 bits per heavy atom. The molecule has 0 saturated heterocycles. The third-order valence-corrected chi connectivity index (χ3v) is 9.86. The Kier molecular flexibility index (Phi) is 8.57. The molecule has 0 radical (unpaired) electrons. The molecule has 3 aliphatic carbocycles. The van der Waals surface area contributed by atoms with E-state index in [4.69, 9.17) is 0 Å². The van der Waals surface area contributed by atoms with Gasteiger partial charge in [0.05, 0.1) is 12.2 Å². The number of aliphatic hydroxyl groups is 3. The summed E-state index contributed by atoms with van der Waals surface area (Å²) < 4.78 is 0. The van der Waals surface area contributed by atoms with Gasteiger partial charge in [0.15, 0.2) is 0 Å². The SMILES string of the molecule is C=C1C(=CC=C2CCC[C@]3(C)C(CC)=CC[C@@H]23)C[C@](O)(SC[C@@H](O)C(CC)CC)C[C@@H]1O. The predicted octanol–water partition coefficient (Wildman–Crippen LogP) is 6.32. The third kappa shape index (κ3) is 5.29.